The highest BCUT2D eigenvalue weighted by atomic mass is 16.2. The monoisotopic (exact) mass is 311 g/mol. The first-order chi connectivity index (χ1) is 11.1. The van der Waals surface area contributed by atoms with Crippen molar-refractivity contribution < 1.29 is 9.59 Å². The molecule has 2 amide bonds. The molecule has 7 nitrogen and oxygen atoms in total. The molecule has 0 bridgehead atoms. The number of nitrogens with zero attached hydrogens (tertiary/aromatic N) is 2. The van der Waals surface area contributed by atoms with Crippen molar-refractivity contribution >= 4 is 28.5 Å². The normalized spacial score (nSPS) is 18.1. The molecule has 3 N–H and O–H groups in total. The van der Waals surface area contributed by atoms with Gasteiger partial charge >= 0.3 is 0 Å². The van der Waals surface area contributed by atoms with Gasteiger partial charge in [-0.1, -0.05) is 6.42 Å². The SMILES string of the molecule is Cc1cc2c(NC(=O)C3CCCCNC3=O)n[nH]c2cc1C#N. The van der Waals surface area contributed by atoms with Crippen LogP contribution in [0.1, 0.15) is 30.4 Å². The summed E-state index contributed by atoms with van der Waals surface area (Å²) in [6.07, 6.45) is 2.26. The Morgan fingerprint density at radius 3 is 3.04 bits per heavy atom. The van der Waals surface area contributed by atoms with Crippen molar-refractivity contribution in [3.63, 3.8) is 0 Å². The molecule has 0 saturated carbocycles. The first-order valence-corrected chi connectivity index (χ1v) is 7.57. The first-order valence-electron chi connectivity index (χ1n) is 7.57. The lowest BCUT2D eigenvalue weighted by atomic mass is 10.0. The van der Waals surface area contributed by atoms with E-state index in [9.17, 15) is 9.59 Å². The second-order valence-corrected chi connectivity index (χ2v) is 5.73. The smallest absolute Gasteiger partial charge is 0.238 e. The molecule has 1 aliphatic heterocycles. The number of hydrogen-bond donors (Lipinski definition) is 3. The molecule has 3 rings (SSSR count). The molecule has 1 saturated heterocycles. The third-order valence-corrected chi connectivity index (χ3v) is 4.12. The highest BCUT2D eigenvalue weighted by Crippen LogP contribution is 2.25. The fourth-order valence-corrected chi connectivity index (χ4v) is 2.78. The van der Waals surface area contributed by atoms with Crippen molar-refractivity contribution in [2.75, 3.05) is 11.9 Å². The third kappa shape index (κ3) is 2.88. The van der Waals surface area contributed by atoms with Crippen molar-refractivity contribution in [3.8, 4) is 6.07 Å². The summed E-state index contributed by atoms with van der Waals surface area (Å²) in [6, 6.07) is 5.62. The van der Waals surface area contributed by atoms with E-state index in [-0.39, 0.29) is 11.8 Å². The quantitative estimate of drug-likeness (QED) is 0.731. The number of carbonyl (C=O) groups excluding carboxylic acids is 2. The zero-order valence-corrected chi connectivity index (χ0v) is 12.8. The van der Waals surface area contributed by atoms with Gasteiger partial charge < -0.3 is 10.6 Å². The summed E-state index contributed by atoms with van der Waals surface area (Å²) in [5.41, 5.74) is 2.04. The summed E-state index contributed by atoms with van der Waals surface area (Å²) in [7, 11) is 0. The van der Waals surface area contributed by atoms with Crippen LogP contribution in [0.15, 0.2) is 12.1 Å². The molecule has 1 fully saturated rings. The van der Waals surface area contributed by atoms with E-state index in [0.29, 0.717) is 29.9 Å². The molecule has 118 valence electrons. The molecule has 2 aromatic rings. The number of anilines is 1. The number of nitriles is 1. The Labute approximate surface area is 133 Å². The minimum absolute atomic E-state index is 0.234. The number of fused-ring (bicyclic) bond motifs is 1. The Kier molecular flexibility index (Phi) is 3.98. The van der Waals surface area contributed by atoms with Crippen molar-refractivity contribution in [1.82, 2.24) is 15.5 Å². The van der Waals surface area contributed by atoms with E-state index < -0.39 is 5.92 Å². The maximum Gasteiger partial charge on any atom is 0.238 e. The Bertz CT molecular complexity index is 818. The molecule has 1 aliphatic rings. The Hall–Kier alpha value is -2.88. The van der Waals surface area contributed by atoms with Crippen LogP contribution in [0.4, 0.5) is 5.82 Å². The number of hydrogen-bond acceptors (Lipinski definition) is 4. The molecule has 1 aromatic carbocycles. The van der Waals surface area contributed by atoms with E-state index in [0.717, 1.165) is 23.8 Å². The highest BCUT2D eigenvalue weighted by Gasteiger charge is 2.28. The topological polar surface area (TPSA) is 111 Å². The lowest BCUT2D eigenvalue weighted by Gasteiger charge is -2.12. The fourth-order valence-electron chi connectivity index (χ4n) is 2.78. The van der Waals surface area contributed by atoms with Crippen LogP contribution in [-0.2, 0) is 9.59 Å². The number of H-pyrrole nitrogens is 1. The van der Waals surface area contributed by atoms with E-state index in [1.54, 1.807) is 12.1 Å². The molecule has 1 aromatic heterocycles. The molecule has 0 aliphatic carbocycles. The number of aromatic amines is 1. The van der Waals surface area contributed by atoms with E-state index in [1.807, 2.05) is 6.92 Å². The van der Waals surface area contributed by atoms with Crippen LogP contribution in [0.2, 0.25) is 0 Å². The Morgan fingerprint density at radius 2 is 2.26 bits per heavy atom. The van der Waals surface area contributed by atoms with Crippen molar-refractivity contribution in [3.05, 3.63) is 23.3 Å². The largest absolute Gasteiger partial charge is 0.355 e. The molecule has 0 radical (unpaired) electrons. The predicted octanol–water partition coefficient (Wildman–Crippen LogP) is 1.60. The van der Waals surface area contributed by atoms with Crippen LogP contribution in [0, 0.1) is 24.2 Å². The second kappa shape index (κ2) is 6.08. The number of benzene rings is 1. The van der Waals surface area contributed by atoms with Gasteiger partial charge in [0.25, 0.3) is 0 Å². The van der Waals surface area contributed by atoms with Crippen LogP contribution in [-0.4, -0.2) is 28.6 Å². The predicted molar refractivity (Wildman–Crippen MR) is 84.5 cm³/mol. The standard InChI is InChI=1S/C16H17N5O2/c1-9-6-12-13(7-10(9)8-17)20-21-14(12)19-16(23)11-4-2-3-5-18-15(11)22/h6-7,11H,2-5H2,1H3,(H,18,22)(H2,19,20,21,23). The maximum atomic E-state index is 12.4. The van der Waals surface area contributed by atoms with Crippen LogP contribution in [0.5, 0.6) is 0 Å². The number of aromatic nitrogens is 2. The van der Waals surface area contributed by atoms with Gasteiger partial charge in [0, 0.05) is 11.9 Å². The number of aryl methyl sites for hydroxylation is 1. The molecule has 1 atom stereocenters. The Balaban J connectivity index is 1.86. The highest BCUT2D eigenvalue weighted by molar-refractivity contribution is 6.09. The van der Waals surface area contributed by atoms with Gasteiger partial charge in [0.2, 0.25) is 11.8 Å². The van der Waals surface area contributed by atoms with Crippen molar-refractivity contribution in [1.29, 1.82) is 5.26 Å². The molecule has 2 heterocycles. The molecule has 7 heteroatoms. The number of carbonyl (C=O) groups is 2. The molecular formula is C16H17N5O2. The fraction of sp³-hybridized carbons (Fsp3) is 0.375. The summed E-state index contributed by atoms with van der Waals surface area (Å²) in [5.74, 6) is -0.888. The Morgan fingerprint density at radius 1 is 1.43 bits per heavy atom. The number of rotatable bonds is 2. The van der Waals surface area contributed by atoms with Gasteiger partial charge in [0.05, 0.1) is 17.1 Å². The van der Waals surface area contributed by atoms with Crippen molar-refractivity contribution in [2.45, 2.75) is 26.2 Å². The lowest BCUT2D eigenvalue weighted by Crippen LogP contribution is -2.36. The zero-order valence-electron chi connectivity index (χ0n) is 12.8. The summed E-state index contributed by atoms with van der Waals surface area (Å²) in [4.78, 5) is 24.4. The van der Waals surface area contributed by atoms with Crippen LogP contribution in [0.25, 0.3) is 10.9 Å². The average molecular weight is 311 g/mol. The lowest BCUT2D eigenvalue weighted by molar-refractivity contribution is -0.132. The van der Waals surface area contributed by atoms with E-state index in [4.69, 9.17) is 5.26 Å². The van der Waals surface area contributed by atoms with Gasteiger partial charge in [-0.2, -0.15) is 10.4 Å². The number of nitrogens with one attached hydrogen (secondary N) is 3. The van der Waals surface area contributed by atoms with Gasteiger partial charge in [0.1, 0.15) is 5.92 Å². The first kappa shape index (κ1) is 15.0. The summed E-state index contributed by atoms with van der Waals surface area (Å²) < 4.78 is 0. The van der Waals surface area contributed by atoms with Gasteiger partial charge in [-0.05, 0) is 37.5 Å². The van der Waals surface area contributed by atoms with Crippen LogP contribution >= 0.6 is 0 Å². The average Bonchev–Trinajstić information content (AvgIpc) is 2.77. The minimum Gasteiger partial charge on any atom is -0.355 e. The maximum absolute atomic E-state index is 12.4. The van der Waals surface area contributed by atoms with E-state index in [2.05, 4.69) is 26.9 Å². The van der Waals surface area contributed by atoms with E-state index in [1.165, 1.54) is 0 Å². The molecular weight excluding hydrogens is 294 g/mol. The molecule has 1 unspecified atom stereocenters. The van der Waals surface area contributed by atoms with Crippen LogP contribution in [0.3, 0.4) is 0 Å². The van der Waals surface area contributed by atoms with Crippen molar-refractivity contribution in [2.24, 2.45) is 5.92 Å². The minimum atomic E-state index is -0.691. The second-order valence-electron chi connectivity index (χ2n) is 5.73. The molecule has 0 spiro atoms. The number of amides is 2. The summed E-state index contributed by atoms with van der Waals surface area (Å²) in [6.45, 7) is 2.44. The van der Waals surface area contributed by atoms with Gasteiger partial charge in [-0.15, -0.1) is 0 Å². The van der Waals surface area contributed by atoms with Gasteiger partial charge in [0.15, 0.2) is 5.82 Å². The summed E-state index contributed by atoms with van der Waals surface area (Å²) >= 11 is 0. The third-order valence-electron chi connectivity index (χ3n) is 4.12. The van der Waals surface area contributed by atoms with Gasteiger partial charge in [-0.25, -0.2) is 0 Å². The summed E-state index contributed by atoms with van der Waals surface area (Å²) in [5, 5.41) is 22.2. The zero-order chi connectivity index (χ0) is 16.4. The molecule has 23 heavy (non-hydrogen) atoms. The van der Waals surface area contributed by atoms with Gasteiger partial charge in [-0.3, -0.25) is 14.7 Å². The van der Waals surface area contributed by atoms with Crippen LogP contribution < -0.4 is 10.6 Å². The van der Waals surface area contributed by atoms with E-state index >= 15 is 0 Å².